The second-order valence-electron chi connectivity index (χ2n) is 3.34. The smallest absolute Gasteiger partial charge is 0.0480 e. The maximum absolute atomic E-state index is 5.62. The summed E-state index contributed by atoms with van der Waals surface area (Å²) < 4.78 is 2.13. The van der Waals surface area contributed by atoms with Crippen molar-refractivity contribution in [2.24, 2.45) is 12.8 Å². The molecule has 0 fully saturated rings. The van der Waals surface area contributed by atoms with E-state index in [4.69, 9.17) is 5.73 Å². The van der Waals surface area contributed by atoms with Gasteiger partial charge in [-0.25, -0.2) is 0 Å². The van der Waals surface area contributed by atoms with E-state index in [0.717, 1.165) is 5.69 Å². The van der Waals surface area contributed by atoms with Gasteiger partial charge < -0.3 is 10.3 Å². The molecule has 0 atom stereocenters. The Labute approximate surface area is 84.0 Å². The van der Waals surface area contributed by atoms with Gasteiger partial charge in [0, 0.05) is 25.0 Å². The molecular weight excluding hydrogens is 172 g/mol. The lowest BCUT2D eigenvalue weighted by Crippen LogP contribution is -2.03. The molecule has 0 bridgehead atoms. The molecule has 0 saturated carbocycles. The normalized spacial score (nSPS) is 10.4. The fourth-order valence-electron chi connectivity index (χ4n) is 1.66. The molecule has 1 aromatic heterocycles. The highest BCUT2D eigenvalue weighted by molar-refractivity contribution is 5.60. The maximum atomic E-state index is 5.62. The van der Waals surface area contributed by atoms with Crippen LogP contribution in [0.2, 0.25) is 0 Å². The number of aromatic nitrogens is 1. The van der Waals surface area contributed by atoms with Crippen molar-refractivity contribution < 1.29 is 0 Å². The van der Waals surface area contributed by atoms with Crippen LogP contribution in [-0.4, -0.2) is 4.57 Å². The van der Waals surface area contributed by atoms with E-state index in [0.29, 0.717) is 6.54 Å². The summed E-state index contributed by atoms with van der Waals surface area (Å²) in [7, 11) is 2.05. The van der Waals surface area contributed by atoms with Crippen LogP contribution in [0.4, 0.5) is 0 Å². The fraction of sp³-hybridized carbons (Fsp3) is 0.167. The monoisotopic (exact) mass is 186 g/mol. The minimum Gasteiger partial charge on any atom is -0.346 e. The van der Waals surface area contributed by atoms with Crippen LogP contribution >= 0.6 is 0 Å². The highest BCUT2D eigenvalue weighted by Gasteiger charge is 2.04. The van der Waals surface area contributed by atoms with Gasteiger partial charge in [-0.2, -0.15) is 0 Å². The van der Waals surface area contributed by atoms with E-state index < -0.39 is 0 Å². The summed E-state index contributed by atoms with van der Waals surface area (Å²) in [6.45, 7) is 0.587. The Morgan fingerprint density at radius 2 is 1.79 bits per heavy atom. The van der Waals surface area contributed by atoms with E-state index in [1.807, 2.05) is 25.2 Å². The van der Waals surface area contributed by atoms with E-state index in [1.165, 1.54) is 11.3 Å². The molecular formula is C12H14N2. The lowest BCUT2D eigenvalue weighted by atomic mass is 10.2. The van der Waals surface area contributed by atoms with Crippen molar-refractivity contribution in [2.75, 3.05) is 0 Å². The zero-order chi connectivity index (χ0) is 9.97. The fourth-order valence-corrected chi connectivity index (χ4v) is 1.66. The van der Waals surface area contributed by atoms with E-state index in [9.17, 15) is 0 Å². The van der Waals surface area contributed by atoms with Gasteiger partial charge in [0.25, 0.3) is 0 Å². The molecule has 1 aromatic carbocycles. The molecule has 0 radical (unpaired) electrons. The number of hydrogen-bond acceptors (Lipinski definition) is 1. The first-order chi connectivity index (χ1) is 6.83. The second kappa shape index (κ2) is 3.68. The summed E-state index contributed by atoms with van der Waals surface area (Å²) in [4.78, 5) is 0. The number of rotatable bonds is 2. The molecule has 0 aliphatic heterocycles. The van der Waals surface area contributed by atoms with Gasteiger partial charge in [0.2, 0.25) is 0 Å². The van der Waals surface area contributed by atoms with E-state index in [-0.39, 0.29) is 0 Å². The van der Waals surface area contributed by atoms with Gasteiger partial charge >= 0.3 is 0 Å². The Balaban J connectivity index is 2.48. The van der Waals surface area contributed by atoms with E-state index in [1.54, 1.807) is 0 Å². The molecule has 0 saturated heterocycles. The first-order valence-electron chi connectivity index (χ1n) is 4.73. The molecule has 1 heterocycles. The van der Waals surface area contributed by atoms with Crippen molar-refractivity contribution in [1.82, 2.24) is 4.57 Å². The van der Waals surface area contributed by atoms with E-state index >= 15 is 0 Å². The van der Waals surface area contributed by atoms with Crippen molar-refractivity contribution >= 4 is 0 Å². The molecule has 2 nitrogen and oxygen atoms in total. The van der Waals surface area contributed by atoms with Crippen molar-refractivity contribution in [3.05, 3.63) is 48.2 Å². The van der Waals surface area contributed by atoms with Crippen LogP contribution in [-0.2, 0) is 13.6 Å². The molecule has 2 heteroatoms. The zero-order valence-corrected chi connectivity index (χ0v) is 8.27. The number of nitrogens with two attached hydrogens (primary N) is 1. The Hall–Kier alpha value is -1.54. The van der Waals surface area contributed by atoms with Crippen LogP contribution in [0.15, 0.2) is 42.5 Å². The minimum atomic E-state index is 0.587. The molecule has 14 heavy (non-hydrogen) atoms. The summed E-state index contributed by atoms with van der Waals surface area (Å²) in [5.74, 6) is 0. The van der Waals surface area contributed by atoms with Gasteiger partial charge in [-0.1, -0.05) is 30.3 Å². The summed E-state index contributed by atoms with van der Waals surface area (Å²) >= 11 is 0. The molecule has 0 spiro atoms. The lowest BCUT2D eigenvalue weighted by Gasteiger charge is -2.05. The average molecular weight is 186 g/mol. The molecule has 0 aliphatic rings. The van der Waals surface area contributed by atoms with Crippen molar-refractivity contribution in [1.29, 1.82) is 0 Å². The second-order valence-corrected chi connectivity index (χ2v) is 3.34. The first-order valence-corrected chi connectivity index (χ1v) is 4.73. The average Bonchev–Trinajstić information content (AvgIpc) is 2.61. The Morgan fingerprint density at radius 1 is 1.07 bits per heavy atom. The van der Waals surface area contributed by atoms with Crippen molar-refractivity contribution in [3.8, 4) is 11.3 Å². The van der Waals surface area contributed by atoms with Crippen molar-refractivity contribution in [2.45, 2.75) is 6.54 Å². The Bertz CT molecular complexity index is 415. The van der Waals surface area contributed by atoms with Crippen LogP contribution in [0.3, 0.4) is 0 Å². The third kappa shape index (κ3) is 1.44. The predicted molar refractivity (Wildman–Crippen MR) is 58.7 cm³/mol. The molecule has 0 aliphatic carbocycles. The highest BCUT2D eigenvalue weighted by atomic mass is 15.0. The Kier molecular flexibility index (Phi) is 2.37. The number of nitrogens with zero attached hydrogens (tertiary/aromatic N) is 1. The lowest BCUT2D eigenvalue weighted by molar-refractivity contribution is 0.831. The van der Waals surface area contributed by atoms with Gasteiger partial charge in [-0.05, 0) is 17.7 Å². The third-order valence-corrected chi connectivity index (χ3v) is 2.50. The molecule has 2 N–H and O–H groups in total. The largest absolute Gasteiger partial charge is 0.346 e. The number of hydrogen-bond donors (Lipinski definition) is 1. The quantitative estimate of drug-likeness (QED) is 0.765. The minimum absolute atomic E-state index is 0.587. The van der Waals surface area contributed by atoms with Gasteiger partial charge in [0.05, 0.1) is 0 Å². The van der Waals surface area contributed by atoms with E-state index in [2.05, 4.69) is 28.8 Å². The molecule has 2 rings (SSSR count). The molecule has 0 unspecified atom stereocenters. The van der Waals surface area contributed by atoms with Gasteiger partial charge in [0.15, 0.2) is 0 Å². The molecule has 2 aromatic rings. The topological polar surface area (TPSA) is 30.9 Å². The summed E-state index contributed by atoms with van der Waals surface area (Å²) in [6.07, 6.45) is 0. The van der Waals surface area contributed by atoms with Crippen LogP contribution in [0.1, 0.15) is 5.69 Å². The number of benzene rings is 1. The standard InChI is InChI=1S/C12H14N2/c1-14-11(9-13)7-8-12(14)10-5-3-2-4-6-10/h2-8H,9,13H2,1H3. The van der Waals surface area contributed by atoms with Gasteiger partial charge in [-0.15, -0.1) is 0 Å². The predicted octanol–water partition coefficient (Wildman–Crippen LogP) is 2.15. The van der Waals surface area contributed by atoms with Gasteiger partial charge in [0.1, 0.15) is 0 Å². The maximum Gasteiger partial charge on any atom is 0.0480 e. The van der Waals surface area contributed by atoms with Crippen LogP contribution in [0.25, 0.3) is 11.3 Å². The zero-order valence-electron chi connectivity index (χ0n) is 8.27. The van der Waals surface area contributed by atoms with Crippen LogP contribution < -0.4 is 5.73 Å². The molecule has 0 amide bonds. The highest BCUT2D eigenvalue weighted by Crippen LogP contribution is 2.20. The Morgan fingerprint density at radius 3 is 2.36 bits per heavy atom. The summed E-state index contributed by atoms with van der Waals surface area (Å²) in [5.41, 5.74) is 9.22. The SMILES string of the molecule is Cn1c(CN)ccc1-c1ccccc1. The summed E-state index contributed by atoms with van der Waals surface area (Å²) in [5, 5.41) is 0. The van der Waals surface area contributed by atoms with Crippen LogP contribution in [0, 0.1) is 0 Å². The first kappa shape index (κ1) is 9.03. The van der Waals surface area contributed by atoms with Crippen molar-refractivity contribution in [3.63, 3.8) is 0 Å². The summed E-state index contributed by atoms with van der Waals surface area (Å²) in [6, 6.07) is 14.5. The third-order valence-electron chi connectivity index (χ3n) is 2.50. The molecule has 72 valence electrons. The van der Waals surface area contributed by atoms with Gasteiger partial charge in [-0.3, -0.25) is 0 Å². The van der Waals surface area contributed by atoms with Crippen LogP contribution in [0.5, 0.6) is 0 Å².